The molecule has 0 aromatic heterocycles. The van der Waals surface area contributed by atoms with Crippen LogP contribution < -0.4 is 0 Å². The minimum atomic E-state index is -0.402. The van der Waals surface area contributed by atoms with Gasteiger partial charge in [-0.25, -0.2) is 4.39 Å². The van der Waals surface area contributed by atoms with Crippen LogP contribution in [0.2, 0.25) is 5.02 Å². The van der Waals surface area contributed by atoms with Gasteiger partial charge in [-0.05, 0) is 30.7 Å². The molecule has 1 rings (SSSR count). The number of hydrogen-bond donors (Lipinski definition) is 1. The number of benzene rings is 1. The molecule has 0 bridgehead atoms. The van der Waals surface area contributed by atoms with Gasteiger partial charge in [0, 0.05) is 12.6 Å². The van der Waals surface area contributed by atoms with E-state index in [2.05, 4.69) is 13.8 Å². The van der Waals surface area contributed by atoms with E-state index in [4.69, 9.17) is 11.6 Å². The number of rotatable bonds is 5. The summed E-state index contributed by atoms with van der Waals surface area (Å²) in [7, 11) is 1.94. The summed E-state index contributed by atoms with van der Waals surface area (Å²) in [4.78, 5) is 2.05. The molecule has 4 heteroatoms. The fourth-order valence-electron chi connectivity index (χ4n) is 1.90. The Kier molecular flexibility index (Phi) is 5.37. The molecule has 0 saturated heterocycles. The van der Waals surface area contributed by atoms with Crippen LogP contribution in [-0.4, -0.2) is 29.7 Å². The minimum absolute atomic E-state index is 0.0961. The maximum Gasteiger partial charge on any atom is 0.141 e. The Labute approximate surface area is 107 Å². The second-order valence-corrected chi connectivity index (χ2v) is 5.06. The van der Waals surface area contributed by atoms with Gasteiger partial charge >= 0.3 is 0 Å². The van der Waals surface area contributed by atoms with Crippen molar-refractivity contribution < 1.29 is 9.50 Å². The van der Waals surface area contributed by atoms with E-state index in [9.17, 15) is 9.50 Å². The molecular weight excluding hydrogens is 241 g/mol. The van der Waals surface area contributed by atoms with Crippen molar-refractivity contribution in [1.82, 2.24) is 4.90 Å². The smallest absolute Gasteiger partial charge is 0.141 e. The highest BCUT2D eigenvalue weighted by Gasteiger charge is 2.17. The molecule has 0 aliphatic heterocycles. The lowest BCUT2D eigenvalue weighted by Gasteiger charge is -2.29. The molecule has 96 valence electrons. The predicted octanol–water partition coefficient (Wildman–Crippen LogP) is 2.93. The Hall–Kier alpha value is -0.640. The van der Waals surface area contributed by atoms with Crippen LogP contribution in [0.15, 0.2) is 18.2 Å². The van der Waals surface area contributed by atoms with E-state index in [-0.39, 0.29) is 17.7 Å². The van der Waals surface area contributed by atoms with Crippen LogP contribution in [0.1, 0.15) is 19.4 Å². The molecule has 1 atom stereocenters. The van der Waals surface area contributed by atoms with Gasteiger partial charge in [-0.2, -0.15) is 0 Å². The highest BCUT2D eigenvalue weighted by atomic mass is 35.5. The van der Waals surface area contributed by atoms with E-state index < -0.39 is 5.82 Å². The lowest BCUT2D eigenvalue weighted by atomic mass is 10.0. The molecular formula is C13H19ClFNO. The van der Waals surface area contributed by atoms with Gasteiger partial charge in [0.1, 0.15) is 5.82 Å². The summed E-state index contributed by atoms with van der Waals surface area (Å²) >= 11 is 5.73. The van der Waals surface area contributed by atoms with Gasteiger partial charge in [-0.15, -0.1) is 0 Å². The number of aliphatic hydroxyl groups is 1. The average Bonchev–Trinajstić information content (AvgIpc) is 2.24. The molecule has 0 amide bonds. The summed E-state index contributed by atoms with van der Waals surface area (Å²) in [5.74, 6) is -0.0402. The van der Waals surface area contributed by atoms with Crippen molar-refractivity contribution >= 4 is 11.6 Å². The van der Waals surface area contributed by atoms with Crippen LogP contribution >= 0.6 is 11.6 Å². The lowest BCUT2D eigenvalue weighted by Crippen LogP contribution is -2.38. The molecule has 0 aliphatic carbocycles. The van der Waals surface area contributed by atoms with Gasteiger partial charge in [0.2, 0.25) is 0 Å². The molecule has 0 heterocycles. The molecule has 0 aliphatic rings. The van der Waals surface area contributed by atoms with E-state index in [0.717, 1.165) is 5.56 Å². The lowest BCUT2D eigenvalue weighted by molar-refractivity contribution is 0.108. The van der Waals surface area contributed by atoms with Crippen LogP contribution in [0, 0.1) is 11.7 Å². The highest BCUT2D eigenvalue weighted by Crippen LogP contribution is 2.18. The zero-order valence-electron chi connectivity index (χ0n) is 10.5. The first-order chi connectivity index (χ1) is 7.95. The third kappa shape index (κ3) is 3.95. The van der Waals surface area contributed by atoms with E-state index >= 15 is 0 Å². The topological polar surface area (TPSA) is 23.5 Å². The Morgan fingerprint density at radius 3 is 2.53 bits per heavy atom. The van der Waals surface area contributed by atoms with Crippen LogP contribution in [-0.2, 0) is 6.54 Å². The summed E-state index contributed by atoms with van der Waals surface area (Å²) in [6, 6.07) is 4.81. The first-order valence-corrected chi connectivity index (χ1v) is 6.08. The number of halogens is 2. The van der Waals surface area contributed by atoms with E-state index in [0.29, 0.717) is 12.5 Å². The molecule has 1 aromatic carbocycles. The van der Waals surface area contributed by atoms with Crippen molar-refractivity contribution in [1.29, 1.82) is 0 Å². The maximum atomic E-state index is 13.0. The van der Waals surface area contributed by atoms with E-state index in [1.807, 2.05) is 11.9 Å². The molecule has 1 aromatic rings. The van der Waals surface area contributed by atoms with Gasteiger partial charge in [0.15, 0.2) is 0 Å². The van der Waals surface area contributed by atoms with Gasteiger partial charge in [0.25, 0.3) is 0 Å². The largest absolute Gasteiger partial charge is 0.395 e. The molecule has 0 radical (unpaired) electrons. The van der Waals surface area contributed by atoms with Crippen LogP contribution in [0.3, 0.4) is 0 Å². The second kappa shape index (κ2) is 6.34. The summed E-state index contributed by atoms with van der Waals surface area (Å²) < 4.78 is 13.0. The van der Waals surface area contributed by atoms with Crippen LogP contribution in [0.5, 0.6) is 0 Å². The Balaban J connectivity index is 2.73. The van der Waals surface area contributed by atoms with Crippen LogP contribution in [0.25, 0.3) is 0 Å². The maximum absolute atomic E-state index is 13.0. The molecule has 1 N–H and O–H groups in total. The third-order valence-electron chi connectivity index (χ3n) is 2.94. The zero-order chi connectivity index (χ0) is 13.0. The number of hydrogen-bond acceptors (Lipinski definition) is 2. The number of aliphatic hydroxyl groups excluding tert-OH is 1. The second-order valence-electron chi connectivity index (χ2n) is 4.66. The molecule has 17 heavy (non-hydrogen) atoms. The van der Waals surface area contributed by atoms with Crippen LogP contribution in [0.4, 0.5) is 4.39 Å². The Bertz CT molecular complexity index is 370. The SMILES string of the molecule is CC(C)C(CO)N(C)Cc1ccc(F)c(Cl)c1. The molecule has 0 fully saturated rings. The van der Waals surface area contributed by atoms with Gasteiger partial charge in [-0.3, -0.25) is 4.90 Å². The average molecular weight is 260 g/mol. The van der Waals surface area contributed by atoms with Crippen molar-refractivity contribution in [2.45, 2.75) is 26.4 Å². The summed E-state index contributed by atoms with van der Waals surface area (Å²) in [5, 5.41) is 9.46. The summed E-state index contributed by atoms with van der Waals surface area (Å²) in [6.07, 6.45) is 0. The highest BCUT2D eigenvalue weighted by molar-refractivity contribution is 6.30. The van der Waals surface area contributed by atoms with Gasteiger partial charge < -0.3 is 5.11 Å². The molecule has 1 unspecified atom stereocenters. The monoisotopic (exact) mass is 259 g/mol. The minimum Gasteiger partial charge on any atom is -0.395 e. The van der Waals surface area contributed by atoms with Gasteiger partial charge in [0.05, 0.1) is 11.6 Å². The molecule has 2 nitrogen and oxygen atoms in total. The Morgan fingerprint density at radius 1 is 1.41 bits per heavy atom. The first-order valence-electron chi connectivity index (χ1n) is 5.70. The Morgan fingerprint density at radius 2 is 2.06 bits per heavy atom. The summed E-state index contributed by atoms with van der Waals surface area (Å²) in [6.45, 7) is 4.89. The standard InChI is InChI=1S/C13H19ClFNO/c1-9(2)13(8-17)16(3)7-10-4-5-12(15)11(14)6-10/h4-6,9,13,17H,7-8H2,1-3H3. The van der Waals surface area contributed by atoms with E-state index in [1.165, 1.54) is 6.07 Å². The van der Waals surface area contributed by atoms with Gasteiger partial charge in [-0.1, -0.05) is 31.5 Å². The van der Waals surface area contributed by atoms with E-state index in [1.54, 1.807) is 12.1 Å². The normalized spacial score (nSPS) is 13.4. The zero-order valence-corrected chi connectivity index (χ0v) is 11.2. The van der Waals surface area contributed by atoms with Crippen molar-refractivity contribution in [3.05, 3.63) is 34.6 Å². The summed E-state index contributed by atoms with van der Waals surface area (Å²) in [5.41, 5.74) is 0.943. The third-order valence-corrected chi connectivity index (χ3v) is 3.23. The molecule has 0 spiro atoms. The number of likely N-dealkylation sites (N-methyl/N-ethyl adjacent to an activating group) is 1. The number of nitrogens with zero attached hydrogens (tertiary/aromatic N) is 1. The van der Waals surface area contributed by atoms with Crippen molar-refractivity contribution in [2.24, 2.45) is 5.92 Å². The quantitative estimate of drug-likeness (QED) is 0.879. The molecule has 0 saturated carbocycles. The predicted molar refractivity (Wildman–Crippen MR) is 68.6 cm³/mol. The fraction of sp³-hybridized carbons (Fsp3) is 0.538. The van der Waals surface area contributed by atoms with Crippen molar-refractivity contribution in [3.8, 4) is 0 Å². The van der Waals surface area contributed by atoms with Crippen molar-refractivity contribution in [3.63, 3.8) is 0 Å². The van der Waals surface area contributed by atoms with Crippen molar-refractivity contribution in [2.75, 3.05) is 13.7 Å². The fourth-order valence-corrected chi connectivity index (χ4v) is 2.11. The first kappa shape index (κ1) is 14.4.